The minimum atomic E-state index is -3.67. The maximum Gasteiger partial charge on any atom is 0.325 e. The summed E-state index contributed by atoms with van der Waals surface area (Å²) in [5.74, 6) is -1.21. The first kappa shape index (κ1) is 22.7. The lowest BCUT2D eigenvalue weighted by atomic mass is 9.83. The van der Waals surface area contributed by atoms with Crippen molar-refractivity contribution in [2.75, 3.05) is 12.3 Å². The standard InChI is InChI=1S/C25H23FN2O4S/c26-21-12-14-22(15-13-21)33(31,32)17-7-16-28-23(29)25(27-24(28)30,20-10-5-2-6-11-20)18-19-8-3-1-4-9-19/h1-6,8-15H,7,16-18H2,(H,27,30). The molecule has 1 saturated heterocycles. The minimum Gasteiger partial charge on any atom is -0.319 e. The molecule has 1 atom stereocenters. The number of sulfone groups is 1. The lowest BCUT2D eigenvalue weighted by Gasteiger charge is -2.27. The molecule has 1 aliphatic rings. The molecular weight excluding hydrogens is 443 g/mol. The number of benzene rings is 3. The SMILES string of the molecule is O=C1NC(Cc2ccccc2)(c2ccccc2)C(=O)N1CCCS(=O)(=O)c1ccc(F)cc1. The summed E-state index contributed by atoms with van der Waals surface area (Å²) in [4.78, 5) is 27.5. The van der Waals surface area contributed by atoms with Gasteiger partial charge in [0.25, 0.3) is 5.91 Å². The number of carbonyl (C=O) groups is 2. The van der Waals surface area contributed by atoms with Gasteiger partial charge in [0.05, 0.1) is 10.6 Å². The number of nitrogens with one attached hydrogen (secondary N) is 1. The third-order valence-electron chi connectivity index (χ3n) is 5.72. The van der Waals surface area contributed by atoms with Crippen molar-refractivity contribution in [1.82, 2.24) is 10.2 Å². The van der Waals surface area contributed by atoms with Gasteiger partial charge >= 0.3 is 6.03 Å². The van der Waals surface area contributed by atoms with Crippen molar-refractivity contribution in [3.05, 3.63) is 102 Å². The maximum absolute atomic E-state index is 13.6. The van der Waals surface area contributed by atoms with Gasteiger partial charge in [0.2, 0.25) is 0 Å². The molecule has 1 aliphatic heterocycles. The Morgan fingerprint density at radius 3 is 2.09 bits per heavy atom. The highest BCUT2D eigenvalue weighted by atomic mass is 32.2. The summed E-state index contributed by atoms with van der Waals surface area (Å²) in [6.45, 7) is -0.0472. The zero-order chi connectivity index (χ0) is 23.5. The Labute approximate surface area is 192 Å². The van der Waals surface area contributed by atoms with Crippen molar-refractivity contribution < 1.29 is 22.4 Å². The summed E-state index contributed by atoms with van der Waals surface area (Å²) in [5.41, 5.74) is 0.277. The molecule has 4 rings (SSSR count). The zero-order valence-electron chi connectivity index (χ0n) is 17.8. The number of urea groups is 1. The van der Waals surface area contributed by atoms with Crippen LogP contribution in [0.2, 0.25) is 0 Å². The van der Waals surface area contributed by atoms with Gasteiger partial charge in [0.1, 0.15) is 5.82 Å². The van der Waals surface area contributed by atoms with Crippen LogP contribution in [-0.4, -0.2) is 37.6 Å². The first-order chi connectivity index (χ1) is 15.8. The van der Waals surface area contributed by atoms with E-state index in [9.17, 15) is 22.4 Å². The van der Waals surface area contributed by atoms with Gasteiger partial charge in [-0.05, 0) is 41.8 Å². The van der Waals surface area contributed by atoms with Crippen LogP contribution in [0.1, 0.15) is 17.5 Å². The summed E-state index contributed by atoms with van der Waals surface area (Å²) in [6.07, 6.45) is 0.335. The van der Waals surface area contributed by atoms with Crippen molar-refractivity contribution in [2.24, 2.45) is 0 Å². The second-order valence-corrected chi connectivity index (χ2v) is 10.1. The molecular formula is C25H23FN2O4S. The third-order valence-corrected chi connectivity index (χ3v) is 7.54. The molecule has 0 bridgehead atoms. The normalized spacial score (nSPS) is 18.4. The van der Waals surface area contributed by atoms with Crippen LogP contribution in [0, 0.1) is 5.82 Å². The van der Waals surface area contributed by atoms with Gasteiger partial charge in [0, 0.05) is 13.0 Å². The third kappa shape index (κ3) is 4.66. The van der Waals surface area contributed by atoms with E-state index in [0.29, 0.717) is 5.56 Å². The van der Waals surface area contributed by atoms with Gasteiger partial charge in [0.15, 0.2) is 15.4 Å². The molecule has 0 radical (unpaired) electrons. The summed E-state index contributed by atoms with van der Waals surface area (Å²) in [7, 11) is -3.67. The van der Waals surface area contributed by atoms with Crippen LogP contribution in [0.3, 0.4) is 0 Å². The molecule has 0 spiro atoms. The Morgan fingerprint density at radius 1 is 0.848 bits per heavy atom. The van der Waals surface area contributed by atoms with Crippen molar-refractivity contribution in [3.8, 4) is 0 Å². The van der Waals surface area contributed by atoms with Gasteiger partial charge in [-0.25, -0.2) is 17.6 Å². The van der Waals surface area contributed by atoms with Crippen LogP contribution in [0.4, 0.5) is 9.18 Å². The second kappa shape index (κ2) is 9.15. The zero-order valence-corrected chi connectivity index (χ0v) is 18.6. The topological polar surface area (TPSA) is 83.6 Å². The van der Waals surface area contributed by atoms with Crippen LogP contribution in [0.5, 0.6) is 0 Å². The molecule has 3 amide bonds. The van der Waals surface area contributed by atoms with Crippen LogP contribution >= 0.6 is 0 Å². The quantitative estimate of drug-likeness (QED) is 0.406. The average Bonchev–Trinajstić information content (AvgIpc) is 3.05. The Hall–Kier alpha value is -3.52. The van der Waals surface area contributed by atoms with Gasteiger partial charge in [-0.1, -0.05) is 60.7 Å². The summed E-state index contributed by atoms with van der Waals surface area (Å²) in [5, 5.41) is 2.86. The minimum absolute atomic E-state index is 0.00353. The molecule has 1 unspecified atom stereocenters. The predicted octanol–water partition coefficient (Wildman–Crippen LogP) is 3.68. The molecule has 8 heteroatoms. The molecule has 0 aliphatic carbocycles. The Kier molecular flexibility index (Phi) is 6.29. The highest BCUT2D eigenvalue weighted by molar-refractivity contribution is 7.91. The van der Waals surface area contributed by atoms with Crippen LogP contribution in [-0.2, 0) is 26.6 Å². The van der Waals surface area contributed by atoms with E-state index in [1.807, 2.05) is 36.4 Å². The molecule has 170 valence electrons. The van der Waals surface area contributed by atoms with Crippen molar-refractivity contribution in [3.63, 3.8) is 0 Å². The van der Waals surface area contributed by atoms with Crippen molar-refractivity contribution in [1.29, 1.82) is 0 Å². The Bertz CT molecular complexity index is 1250. The fourth-order valence-corrected chi connectivity index (χ4v) is 5.34. The Morgan fingerprint density at radius 2 is 1.45 bits per heavy atom. The molecule has 3 aromatic carbocycles. The highest BCUT2D eigenvalue weighted by Gasteiger charge is 2.52. The number of carbonyl (C=O) groups excluding carboxylic acids is 2. The molecule has 1 fully saturated rings. The number of halogens is 1. The molecule has 6 nitrogen and oxygen atoms in total. The number of nitrogens with zero attached hydrogens (tertiary/aromatic N) is 1. The van der Waals surface area contributed by atoms with Gasteiger partial charge in [-0.2, -0.15) is 0 Å². The molecule has 3 aromatic rings. The first-order valence-electron chi connectivity index (χ1n) is 10.5. The van der Waals surface area contributed by atoms with Gasteiger partial charge in [-0.3, -0.25) is 9.69 Å². The highest BCUT2D eigenvalue weighted by Crippen LogP contribution is 2.33. The van der Waals surface area contributed by atoms with E-state index in [2.05, 4.69) is 5.32 Å². The first-order valence-corrected chi connectivity index (χ1v) is 12.2. The van der Waals surface area contributed by atoms with Crippen LogP contribution in [0.15, 0.2) is 89.8 Å². The molecule has 1 heterocycles. The van der Waals surface area contributed by atoms with E-state index in [4.69, 9.17) is 0 Å². The molecule has 33 heavy (non-hydrogen) atoms. The maximum atomic E-state index is 13.6. The van der Waals surface area contributed by atoms with Crippen LogP contribution < -0.4 is 5.32 Å². The lowest BCUT2D eigenvalue weighted by molar-refractivity contribution is -0.131. The summed E-state index contributed by atoms with van der Waals surface area (Å²) >= 11 is 0. The average molecular weight is 467 g/mol. The summed E-state index contributed by atoms with van der Waals surface area (Å²) < 4.78 is 38.2. The van der Waals surface area contributed by atoms with Gasteiger partial charge < -0.3 is 5.32 Å². The van der Waals surface area contributed by atoms with Crippen molar-refractivity contribution >= 4 is 21.8 Å². The fraction of sp³-hybridized carbons (Fsp3) is 0.200. The number of hydrogen-bond acceptors (Lipinski definition) is 4. The van der Waals surface area contributed by atoms with E-state index >= 15 is 0 Å². The number of imide groups is 1. The van der Waals surface area contributed by atoms with E-state index < -0.39 is 33.1 Å². The fourth-order valence-electron chi connectivity index (χ4n) is 4.04. The smallest absolute Gasteiger partial charge is 0.319 e. The van der Waals surface area contributed by atoms with E-state index in [-0.39, 0.29) is 30.0 Å². The monoisotopic (exact) mass is 466 g/mol. The lowest BCUT2D eigenvalue weighted by Crippen LogP contribution is -2.46. The van der Waals surface area contributed by atoms with Crippen molar-refractivity contribution in [2.45, 2.75) is 23.3 Å². The number of hydrogen-bond donors (Lipinski definition) is 1. The summed E-state index contributed by atoms with van der Waals surface area (Å²) in [6, 6.07) is 22.5. The number of rotatable bonds is 8. The van der Waals surface area contributed by atoms with E-state index in [0.717, 1.165) is 22.6 Å². The molecule has 0 saturated carbocycles. The Balaban J connectivity index is 1.53. The van der Waals surface area contributed by atoms with E-state index in [1.165, 1.54) is 12.1 Å². The van der Waals surface area contributed by atoms with Crippen LogP contribution in [0.25, 0.3) is 0 Å². The largest absolute Gasteiger partial charge is 0.325 e. The number of amides is 3. The van der Waals surface area contributed by atoms with Gasteiger partial charge in [-0.15, -0.1) is 0 Å². The second-order valence-electron chi connectivity index (χ2n) is 7.95. The van der Waals surface area contributed by atoms with E-state index in [1.54, 1.807) is 24.3 Å². The predicted molar refractivity (Wildman–Crippen MR) is 122 cm³/mol. The molecule has 1 N–H and O–H groups in total. The molecule has 0 aromatic heterocycles.